The van der Waals surface area contributed by atoms with Crippen molar-refractivity contribution in [3.05, 3.63) is 13.8 Å². The predicted octanol–water partition coefficient (Wildman–Crippen LogP) is 0.912. The summed E-state index contributed by atoms with van der Waals surface area (Å²) in [5.41, 5.74) is 0. The van der Waals surface area contributed by atoms with E-state index in [0.29, 0.717) is 24.8 Å². The Hall–Kier alpha value is 0.642. The van der Waals surface area contributed by atoms with E-state index in [1.807, 2.05) is 25.8 Å². The van der Waals surface area contributed by atoms with Crippen molar-refractivity contribution in [3.8, 4) is 0 Å². The fourth-order valence-corrected chi connectivity index (χ4v) is 1.30. The second-order valence-electron chi connectivity index (χ2n) is 3.41. The number of carbonyl (C=O) groups is 1. The average Bonchev–Trinajstić information content (AvgIpc) is 2.54. The van der Waals surface area contributed by atoms with Gasteiger partial charge in [0, 0.05) is 19.0 Å². The number of hydrogen-bond acceptors (Lipinski definition) is 3. The van der Waals surface area contributed by atoms with E-state index < -0.39 is 0 Å². The van der Waals surface area contributed by atoms with Crippen LogP contribution in [0.2, 0.25) is 0 Å². The van der Waals surface area contributed by atoms with E-state index >= 15 is 0 Å². The Morgan fingerprint density at radius 2 is 2.07 bits per heavy atom. The topological polar surface area (TPSA) is 32.3 Å². The molecule has 0 aliphatic carbocycles. The summed E-state index contributed by atoms with van der Waals surface area (Å²) in [6.45, 7) is 13.0. The summed E-state index contributed by atoms with van der Waals surface area (Å²) in [6, 6.07) is 0.357. The number of likely N-dealkylation sites (N-methyl/N-ethyl adjacent to an activating group) is 1. The third-order valence-electron chi connectivity index (χ3n) is 2.19. The number of nitrogens with one attached hydrogen (secondary N) is 1. The van der Waals surface area contributed by atoms with Gasteiger partial charge in [-0.3, -0.25) is 4.79 Å². The van der Waals surface area contributed by atoms with Gasteiger partial charge < -0.3 is 24.1 Å². The van der Waals surface area contributed by atoms with Crippen molar-refractivity contribution in [2.24, 2.45) is 0 Å². The first kappa shape index (κ1) is 18.0. The molecule has 1 N–H and O–H groups in total. The van der Waals surface area contributed by atoms with Crippen molar-refractivity contribution < 1.29 is 35.9 Å². The summed E-state index contributed by atoms with van der Waals surface area (Å²) >= 11 is 0. The van der Waals surface area contributed by atoms with Crippen molar-refractivity contribution in [1.29, 1.82) is 0 Å². The predicted molar refractivity (Wildman–Crippen MR) is 59.9 cm³/mol. The molecular weight excluding hydrogens is 414 g/mol. The molecule has 0 bridgehead atoms. The van der Waals surface area contributed by atoms with Crippen molar-refractivity contribution in [3.63, 3.8) is 0 Å². The van der Waals surface area contributed by atoms with Crippen LogP contribution in [0.5, 0.6) is 0 Å². The third-order valence-corrected chi connectivity index (χ3v) is 2.19. The molecule has 86 valence electrons. The summed E-state index contributed by atoms with van der Waals surface area (Å²) in [5, 5.41) is 3.15. The maximum absolute atomic E-state index is 10.9. The van der Waals surface area contributed by atoms with Gasteiger partial charge in [-0.25, -0.2) is 6.04 Å². The molecule has 1 rings (SSSR count). The van der Waals surface area contributed by atoms with Gasteiger partial charge in [0.05, 0.1) is 6.54 Å². The van der Waals surface area contributed by atoms with E-state index in [1.54, 1.807) is 0 Å². The molecule has 1 atom stereocenters. The summed E-state index contributed by atoms with van der Waals surface area (Å²) < 4.78 is 0. The Labute approximate surface area is 118 Å². The van der Waals surface area contributed by atoms with Gasteiger partial charge in [-0.05, 0) is 7.05 Å². The molecule has 1 aliphatic heterocycles. The Morgan fingerprint density at radius 1 is 1.53 bits per heavy atom. The molecule has 1 heterocycles. The van der Waals surface area contributed by atoms with Crippen LogP contribution in [0.25, 0.3) is 0 Å². The standard InChI is InChI=1S/C9H16N2O.C2H6.U/c1-7(2)11(3)6-8-4-9(12)5-10-8;1-2;/h7-8,10H,1-2,4-6H2,3H3;1-2H3;/q-2;;+2. The molecule has 1 unspecified atom stereocenters. The van der Waals surface area contributed by atoms with E-state index in [9.17, 15) is 4.79 Å². The van der Waals surface area contributed by atoms with Crippen LogP contribution in [-0.2, 0) is 4.79 Å². The molecular formula is C11H22N2OU. The SMILES string of the molecule is CC.[CH2-]C([CH2-])N(C)CC1CC(=O)CN1.[U+2]. The van der Waals surface area contributed by atoms with Crippen molar-refractivity contribution >= 4 is 5.78 Å². The fraction of sp³-hybridized carbons (Fsp3) is 0.727. The van der Waals surface area contributed by atoms with E-state index in [-0.39, 0.29) is 37.2 Å². The second-order valence-corrected chi connectivity index (χ2v) is 3.41. The van der Waals surface area contributed by atoms with Crippen LogP contribution in [0.4, 0.5) is 0 Å². The first-order valence-electron chi connectivity index (χ1n) is 5.21. The molecule has 0 radical (unpaired) electrons. The Bertz CT molecular complexity index is 174. The van der Waals surface area contributed by atoms with Crippen LogP contribution in [0.3, 0.4) is 0 Å². The molecule has 0 saturated carbocycles. The summed E-state index contributed by atoms with van der Waals surface area (Å²) in [7, 11) is 1.97. The maximum atomic E-state index is 10.9. The van der Waals surface area contributed by atoms with Gasteiger partial charge >= 0.3 is 31.1 Å². The number of Topliss-reactive ketones (excluding diaryl/α,β-unsaturated/α-hetero) is 1. The molecule has 1 aliphatic rings. The first-order chi connectivity index (χ1) is 6.59. The van der Waals surface area contributed by atoms with Crippen LogP contribution in [0.15, 0.2) is 0 Å². The summed E-state index contributed by atoms with van der Waals surface area (Å²) in [6.07, 6.45) is 0.650. The monoisotopic (exact) mass is 436 g/mol. The second kappa shape index (κ2) is 9.84. The molecule has 4 heteroatoms. The minimum Gasteiger partial charge on any atom is -0.360 e. The number of hydrogen-bond donors (Lipinski definition) is 1. The Kier molecular flexibility index (Phi) is 11.8. The molecule has 0 spiro atoms. The van der Waals surface area contributed by atoms with Gasteiger partial charge in [0.2, 0.25) is 0 Å². The van der Waals surface area contributed by atoms with Gasteiger partial charge in [0.1, 0.15) is 5.78 Å². The Morgan fingerprint density at radius 3 is 2.40 bits per heavy atom. The largest absolute Gasteiger partial charge is 2.00 e. The number of rotatable bonds is 3. The summed E-state index contributed by atoms with van der Waals surface area (Å²) in [5.74, 6) is 0.304. The van der Waals surface area contributed by atoms with E-state index in [4.69, 9.17) is 0 Å². The molecule has 3 nitrogen and oxygen atoms in total. The van der Waals surface area contributed by atoms with Crippen LogP contribution in [0, 0.1) is 45.0 Å². The quantitative estimate of drug-likeness (QED) is 0.668. The van der Waals surface area contributed by atoms with Crippen molar-refractivity contribution in [1.82, 2.24) is 10.2 Å². The Balaban J connectivity index is 0. The zero-order valence-corrected chi connectivity index (χ0v) is 14.2. The van der Waals surface area contributed by atoms with Crippen LogP contribution in [-0.4, -0.2) is 42.9 Å². The smallest absolute Gasteiger partial charge is 0.360 e. The van der Waals surface area contributed by atoms with E-state index in [2.05, 4.69) is 19.2 Å². The minimum absolute atomic E-state index is 0. The van der Waals surface area contributed by atoms with Gasteiger partial charge in [0.15, 0.2) is 0 Å². The molecule has 0 aromatic heterocycles. The minimum atomic E-state index is 0. The van der Waals surface area contributed by atoms with Crippen LogP contribution < -0.4 is 5.32 Å². The molecule has 15 heavy (non-hydrogen) atoms. The van der Waals surface area contributed by atoms with Gasteiger partial charge in [-0.1, -0.05) is 13.8 Å². The average molecular weight is 436 g/mol. The number of ketones is 1. The van der Waals surface area contributed by atoms with Crippen molar-refractivity contribution in [2.45, 2.75) is 32.4 Å². The number of nitrogens with zero attached hydrogens (tertiary/aromatic N) is 1. The molecule has 0 aromatic carbocycles. The van der Waals surface area contributed by atoms with Gasteiger partial charge in [-0.2, -0.15) is 0 Å². The molecule has 1 saturated heterocycles. The molecule has 0 amide bonds. The zero-order chi connectivity index (χ0) is 11.1. The summed E-state index contributed by atoms with van der Waals surface area (Å²) in [4.78, 5) is 12.9. The third kappa shape index (κ3) is 7.52. The van der Waals surface area contributed by atoms with E-state index in [1.165, 1.54) is 0 Å². The molecule has 1 fully saturated rings. The van der Waals surface area contributed by atoms with Gasteiger partial charge in [0.25, 0.3) is 0 Å². The van der Waals surface area contributed by atoms with Crippen LogP contribution in [0.1, 0.15) is 20.3 Å². The van der Waals surface area contributed by atoms with Crippen LogP contribution >= 0.6 is 0 Å². The van der Waals surface area contributed by atoms with Crippen molar-refractivity contribution in [2.75, 3.05) is 20.1 Å². The zero-order valence-electron chi connectivity index (χ0n) is 10.0. The van der Waals surface area contributed by atoms with E-state index in [0.717, 1.165) is 6.54 Å². The van der Waals surface area contributed by atoms with Gasteiger partial charge in [-0.15, -0.1) is 0 Å². The molecule has 0 aromatic rings. The fourth-order valence-electron chi connectivity index (χ4n) is 1.30. The number of carbonyl (C=O) groups excluding carboxylic acids is 1. The first-order valence-corrected chi connectivity index (χ1v) is 5.21. The normalized spacial score (nSPS) is 19.9. The maximum Gasteiger partial charge on any atom is 2.00 e.